The van der Waals surface area contributed by atoms with Crippen molar-refractivity contribution in [1.82, 2.24) is 0 Å². The minimum Gasteiger partial charge on any atom is -0.0628 e. The highest BCUT2D eigenvalue weighted by Gasteiger charge is 1.94. The first-order chi connectivity index (χ1) is 6.24. The van der Waals surface area contributed by atoms with Crippen molar-refractivity contribution in [2.24, 2.45) is 5.92 Å². The topological polar surface area (TPSA) is 0 Å². The lowest BCUT2D eigenvalue weighted by Crippen LogP contribution is -1.91. The van der Waals surface area contributed by atoms with Gasteiger partial charge in [-0.3, -0.25) is 0 Å². The fourth-order valence-corrected chi connectivity index (χ4v) is 0.926. The summed E-state index contributed by atoms with van der Waals surface area (Å²) in [7, 11) is 0. The molecule has 0 aliphatic rings. The third-order valence-electron chi connectivity index (χ3n) is 1.56. The smallest absolute Gasteiger partial charge is 0.0316 e. The Morgan fingerprint density at radius 3 is 2.82 bits per heavy atom. The SMILES string of the molecule is [2H]CC(C)CC([2H])c1ccccc1. The van der Waals surface area contributed by atoms with E-state index < -0.39 is 0 Å². The van der Waals surface area contributed by atoms with Crippen molar-refractivity contribution >= 4 is 0 Å². The van der Waals surface area contributed by atoms with Gasteiger partial charge in [0.05, 0.1) is 0 Å². The van der Waals surface area contributed by atoms with Crippen molar-refractivity contribution in [2.45, 2.75) is 26.6 Å². The van der Waals surface area contributed by atoms with E-state index in [9.17, 15) is 0 Å². The molecule has 0 heteroatoms. The van der Waals surface area contributed by atoms with Crippen molar-refractivity contribution < 1.29 is 2.74 Å². The van der Waals surface area contributed by atoms with Crippen molar-refractivity contribution in [1.29, 1.82) is 0 Å². The molecule has 0 radical (unpaired) electrons. The molecule has 0 nitrogen and oxygen atoms in total. The summed E-state index contributed by atoms with van der Waals surface area (Å²) in [5, 5.41) is 0. The van der Waals surface area contributed by atoms with Gasteiger partial charge in [-0.2, -0.15) is 0 Å². The fourth-order valence-electron chi connectivity index (χ4n) is 0.926. The van der Waals surface area contributed by atoms with Crippen LogP contribution in [0.4, 0.5) is 0 Å². The van der Waals surface area contributed by atoms with Gasteiger partial charge in [0, 0.05) is 2.74 Å². The summed E-state index contributed by atoms with van der Waals surface area (Å²) in [5.41, 5.74) is 1.06. The minimum atomic E-state index is -0.165. The van der Waals surface area contributed by atoms with Gasteiger partial charge in [0.1, 0.15) is 0 Å². The van der Waals surface area contributed by atoms with Gasteiger partial charge >= 0.3 is 0 Å². The van der Waals surface area contributed by atoms with E-state index in [2.05, 4.69) is 0 Å². The van der Waals surface area contributed by atoms with Gasteiger partial charge in [-0.25, -0.2) is 0 Å². The molecule has 0 amide bonds. The Bertz CT molecular complexity index is 233. The monoisotopic (exact) mass is 150 g/mol. The first-order valence-electron chi connectivity index (χ1n) is 5.29. The lowest BCUT2D eigenvalue weighted by molar-refractivity contribution is 0.587. The molecular formula is C11H16. The van der Waals surface area contributed by atoms with Crippen molar-refractivity contribution in [3.8, 4) is 0 Å². The van der Waals surface area contributed by atoms with Crippen LogP contribution >= 0.6 is 0 Å². The number of aryl methyl sites for hydroxylation is 1. The first kappa shape index (κ1) is 5.82. The molecular weight excluding hydrogens is 132 g/mol. The maximum Gasteiger partial charge on any atom is 0.0316 e. The maximum atomic E-state index is 7.86. The van der Waals surface area contributed by atoms with Gasteiger partial charge < -0.3 is 0 Å². The second kappa shape index (κ2) is 4.17. The lowest BCUT2D eigenvalue weighted by Gasteiger charge is -2.03. The van der Waals surface area contributed by atoms with Crippen LogP contribution in [0.2, 0.25) is 0 Å². The van der Waals surface area contributed by atoms with E-state index in [1.54, 1.807) is 0 Å². The molecule has 0 saturated carbocycles. The number of benzene rings is 1. The summed E-state index contributed by atoms with van der Waals surface area (Å²) in [4.78, 5) is 0. The molecule has 60 valence electrons. The molecule has 0 aromatic heterocycles. The van der Waals surface area contributed by atoms with Gasteiger partial charge in [0.2, 0.25) is 0 Å². The first-order valence-corrected chi connectivity index (χ1v) is 4.00. The number of rotatable bonds is 3. The van der Waals surface area contributed by atoms with E-state index in [4.69, 9.17) is 2.74 Å². The Kier molecular flexibility index (Phi) is 2.21. The second-order valence-electron chi connectivity index (χ2n) is 2.96. The van der Waals surface area contributed by atoms with E-state index in [0.29, 0.717) is 12.8 Å². The van der Waals surface area contributed by atoms with Crippen molar-refractivity contribution in [2.75, 3.05) is 0 Å². The largest absolute Gasteiger partial charge is 0.0628 e. The Labute approximate surface area is 72.1 Å². The molecule has 1 aromatic carbocycles. The van der Waals surface area contributed by atoms with Crippen LogP contribution in [-0.2, 0) is 6.40 Å². The zero-order valence-corrected chi connectivity index (χ0v) is 6.96. The summed E-state index contributed by atoms with van der Waals surface area (Å²) in [6.45, 7) is 2.44. The predicted octanol–water partition coefficient (Wildman–Crippen LogP) is 3.28. The molecule has 0 aliphatic carbocycles. The fraction of sp³-hybridized carbons (Fsp3) is 0.455. The average molecular weight is 150 g/mol. The van der Waals surface area contributed by atoms with Crippen molar-refractivity contribution in [3.63, 3.8) is 0 Å². The van der Waals surface area contributed by atoms with Gasteiger partial charge in [0.25, 0.3) is 0 Å². The molecule has 0 heterocycles. The van der Waals surface area contributed by atoms with E-state index in [1.165, 1.54) is 0 Å². The maximum absolute atomic E-state index is 7.86. The number of hydrogen-bond donors (Lipinski definition) is 0. The van der Waals surface area contributed by atoms with E-state index in [0.717, 1.165) is 12.0 Å². The zero-order chi connectivity index (χ0) is 9.68. The quantitative estimate of drug-likeness (QED) is 0.620. The normalized spacial score (nSPS) is 18.3. The van der Waals surface area contributed by atoms with Gasteiger partial charge in [-0.05, 0) is 24.3 Å². The van der Waals surface area contributed by atoms with Crippen LogP contribution in [-0.4, -0.2) is 0 Å². The summed E-state index contributed by atoms with van der Waals surface area (Å²) in [5.74, 6) is 0.322. The molecule has 11 heavy (non-hydrogen) atoms. The summed E-state index contributed by atoms with van der Waals surface area (Å²) in [6.07, 6.45) is 0.620. The Balaban J connectivity index is 2.53. The van der Waals surface area contributed by atoms with Crippen LogP contribution < -0.4 is 0 Å². The summed E-state index contributed by atoms with van der Waals surface area (Å²) >= 11 is 0. The second-order valence-corrected chi connectivity index (χ2v) is 2.96. The van der Waals surface area contributed by atoms with Crippen LogP contribution in [0.5, 0.6) is 0 Å². The van der Waals surface area contributed by atoms with Crippen LogP contribution in [0.15, 0.2) is 30.3 Å². The molecule has 0 N–H and O–H groups in total. The van der Waals surface area contributed by atoms with Crippen LogP contribution in [0.1, 0.15) is 28.5 Å². The van der Waals surface area contributed by atoms with Gasteiger partial charge in [0.15, 0.2) is 0 Å². The van der Waals surface area contributed by atoms with E-state index in [-0.39, 0.29) is 6.40 Å². The Morgan fingerprint density at radius 2 is 2.18 bits per heavy atom. The molecule has 1 rings (SSSR count). The highest BCUT2D eigenvalue weighted by molar-refractivity contribution is 5.14. The Hall–Kier alpha value is -0.780. The van der Waals surface area contributed by atoms with Crippen LogP contribution in [0, 0.1) is 5.92 Å². The van der Waals surface area contributed by atoms with Gasteiger partial charge in [-0.15, -0.1) is 0 Å². The molecule has 0 fully saturated rings. The highest BCUT2D eigenvalue weighted by atomic mass is 14.0. The molecule has 0 spiro atoms. The molecule has 0 saturated heterocycles. The van der Waals surface area contributed by atoms with E-state index >= 15 is 0 Å². The number of hydrogen-bond acceptors (Lipinski definition) is 0. The zero-order valence-electron chi connectivity index (χ0n) is 8.96. The standard InChI is InChI=1S/C11H16/c1-10(2)8-9-11-6-4-3-5-7-11/h3-7,10H,8-9H2,1-2H3/i1D,9D. The predicted molar refractivity (Wildman–Crippen MR) is 49.6 cm³/mol. The molecule has 2 unspecified atom stereocenters. The van der Waals surface area contributed by atoms with Gasteiger partial charge in [-0.1, -0.05) is 44.2 Å². The third kappa shape index (κ3) is 3.22. The minimum absolute atomic E-state index is 0.165. The van der Waals surface area contributed by atoms with Crippen LogP contribution in [0.25, 0.3) is 0 Å². The molecule has 1 aromatic rings. The molecule has 0 bridgehead atoms. The summed E-state index contributed by atoms with van der Waals surface area (Å²) < 4.78 is 15.0. The molecule has 2 atom stereocenters. The third-order valence-corrected chi connectivity index (χ3v) is 1.56. The van der Waals surface area contributed by atoms with Crippen LogP contribution in [0.3, 0.4) is 0 Å². The molecule has 0 aliphatic heterocycles. The lowest BCUT2D eigenvalue weighted by atomic mass is 10.0. The van der Waals surface area contributed by atoms with E-state index in [1.807, 2.05) is 37.3 Å². The highest BCUT2D eigenvalue weighted by Crippen LogP contribution is 2.07. The summed E-state index contributed by atoms with van der Waals surface area (Å²) in [6, 6.07) is 9.84. The Morgan fingerprint density at radius 1 is 1.45 bits per heavy atom. The van der Waals surface area contributed by atoms with Crippen molar-refractivity contribution in [3.05, 3.63) is 35.9 Å². The average Bonchev–Trinajstić information content (AvgIpc) is 2.19.